The second kappa shape index (κ2) is 10.0. The average molecular weight is 310 g/mol. The van der Waals surface area contributed by atoms with Gasteiger partial charge in [-0.2, -0.15) is 0 Å². The zero-order valence-electron chi connectivity index (χ0n) is 15.1. The van der Waals surface area contributed by atoms with E-state index in [-0.39, 0.29) is 18.2 Å². The van der Waals surface area contributed by atoms with Crippen molar-refractivity contribution in [1.29, 1.82) is 0 Å². The van der Waals surface area contributed by atoms with Gasteiger partial charge in [-0.05, 0) is 38.0 Å². The smallest absolute Gasteiger partial charge is 0.302 e. The summed E-state index contributed by atoms with van der Waals surface area (Å²) < 4.78 is 10.8. The Bertz CT molecular complexity index is 362. The molecule has 3 heteroatoms. The standard InChI is InChI=1S/C19H34O3/c1-6-9-10-16(7-2)11-14(4)12-17(8-3)19-18(22-19)13-21-15(5)20/h11,16-19H,6-10,12-13H2,1-5H3/b14-11+/t16-,17+,18+,19+/m0/s1. The number of ether oxygens (including phenoxy) is 2. The van der Waals surface area contributed by atoms with Crippen molar-refractivity contribution in [2.75, 3.05) is 6.61 Å². The van der Waals surface area contributed by atoms with Crippen molar-refractivity contribution in [3.8, 4) is 0 Å². The van der Waals surface area contributed by atoms with Gasteiger partial charge in [-0.15, -0.1) is 0 Å². The van der Waals surface area contributed by atoms with Gasteiger partial charge in [-0.3, -0.25) is 4.79 Å². The highest BCUT2D eigenvalue weighted by atomic mass is 16.6. The van der Waals surface area contributed by atoms with Crippen LogP contribution >= 0.6 is 0 Å². The molecule has 0 amide bonds. The Morgan fingerprint density at radius 1 is 1.23 bits per heavy atom. The Balaban J connectivity index is 2.43. The molecule has 0 aromatic heterocycles. The number of esters is 1. The third-order valence-corrected chi connectivity index (χ3v) is 4.62. The number of allylic oxidation sites excluding steroid dienone is 2. The molecule has 1 saturated heterocycles. The molecule has 1 fully saturated rings. The largest absolute Gasteiger partial charge is 0.463 e. The Labute approximate surface area is 136 Å². The van der Waals surface area contributed by atoms with Crippen LogP contribution in [0.1, 0.15) is 73.1 Å². The van der Waals surface area contributed by atoms with Crippen LogP contribution in [0.5, 0.6) is 0 Å². The maximum atomic E-state index is 10.9. The van der Waals surface area contributed by atoms with E-state index in [9.17, 15) is 4.79 Å². The zero-order valence-corrected chi connectivity index (χ0v) is 15.1. The lowest BCUT2D eigenvalue weighted by molar-refractivity contribution is -0.141. The molecule has 1 heterocycles. The summed E-state index contributed by atoms with van der Waals surface area (Å²) in [6.07, 6.45) is 10.2. The van der Waals surface area contributed by atoms with Gasteiger partial charge >= 0.3 is 5.97 Å². The summed E-state index contributed by atoms with van der Waals surface area (Å²) >= 11 is 0. The van der Waals surface area contributed by atoms with Gasteiger partial charge in [-0.1, -0.05) is 51.7 Å². The molecule has 3 nitrogen and oxygen atoms in total. The number of hydrogen-bond acceptors (Lipinski definition) is 3. The number of hydrogen-bond donors (Lipinski definition) is 0. The van der Waals surface area contributed by atoms with E-state index in [2.05, 4.69) is 33.8 Å². The minimum absolute atomic E-state index is 0.115. The first-order chi connectivity index (χ1) is 10.5. The van der Waals surface area contributed by atoms with E-state index in [1.807, 2.05) is 0 Å². The van der Waals surface area contributed by atoms with Crippen LogP contribution in [0.4, 0.5) is 0 Å². The van der Waals surface area contributed by atoms with Gasteiger partial charge in [0, 0.05) is 6.92 Å². The van der Waals surface area contributed by atoms with Crippen LogP contribution in [0.2, 0.25) is 0 Å². The summed E-state index contributed by atoms with van der Waals surface area (Å²) in [6.45, 7) is 10.9. The number of rotatable bonds is 11. The maximum Gasteiger partial charge on any atom is 0.302 e. The van der Waals surface area contributed by atoms with E-state index < -0.39 is 0 Å². The highest BCUT2D eigenvalue weighted by Crippen LogP contribution is 2.35. The lowest BCUT2D eigenvalue weighted by Gasteiger charge is -2.16. The maximum absolute atomic E-state index is 10.9. The number of unbranched alkanes of at least 4 members (excludes halogenated alkanes) is 1. The molecule has 0 N–H and O–H groups in total. The van der Waals surface area contributed by atoms with E-state index in [1.165, 1.54) is 38.2 Å². The molecule has 0 radical (unpaired) electrons. The number of carbonyl (C=O) groups is 1. The Morgan fingerprint density at radius 2 is 1.95 bits per heavy atom. The molecular weight excluding hydrogens is 276 g/mol. The quantitative estimate of drug-likeness (QED) is 0.310. The van der Waals surface area contributed by atoms with Crippen molar-refractivity contribution in [3.05, 3.63) is 11.6 Å². The minimum atomic E-state index is -0.222. The lowest BCUT2D eigenvalue weighted by Crippen LogP contribution is -2.15. The van der Waals surface area contributed by atoms with Gasteiger partial charge in [-0.25, -0.2) is 0 Å². The molecule has 0 aromatic rings. The summed E-state index contributed by atoms with van der Waals surface area (Å²) in [7, 11) is 0. The Kier molecular flexibility index (Phi) is 8.77. The molecule has 0 unspecified atom stereocenters. The third kappa shape index (κ3) is 6.95. The Morgan fingerprint density at radius 3 is 2.50 bits per heavy atom. The Hall–Kier alpha value is -0.830. The fourth-order valence-electron chi connectivity index (χ4n) is 3.15. The fraction of sp³-hybridized carbons (Fsp3) is 0.842. The van der Waals surface area contributed by atoms with E-state index in [1.54, 1.807) is 0 Å². The second-order valence-electron chi connectivity index (χ2n) is 6.64. The lowest BCUT2D eigenvalue weighted by atomic mass is 9.89. The van der Waals surface area contributed by atoms with Crippen molar-refractivity contribution in [3.63, 3.8) is 0 Å². The van der Waals surface area contributed by atoms with Crippen molar-refractivity contribution in [2.45, 2.75) is 85.4 Å². The molecule has 1 aliphatic rings. The second-order valence-corrected chi connectivity index (χ2v) is 6.64. The van der Waals surface area contributed by atoms with E-state index >= 15 is 0 Å². The summed E-state index contributed by atoms with van der Waals surface area (Å²) in [5, 5.41) is 0. The molecule has 22 heavy (non-hydrogen) atoms. The average Bonchev–Trinajstić information content (AvgIpc) is 3.26. The SMILES string of the molecule is CCCC[C@@H](/C=C(\C)C[C@@H](CC)[C@H]1O[C@@H]1COC(C)=O)CC. The molecule has 4 atom stereocenters. The molecule has 0 spiro atoms. The van der Waals surface area contributed by atoms with Gasteiger partial charge in [0.1, 0.15) is 12.7 Å². The number of carbonyl (C=O) groups excluding carboxylic acids is 1. The van der Waals surface area contributed by atoms with E-state index in [0.717, 1.165) is 18.8 Å². The van der Waals surface area contributed by atoms with Crippen LogP contribution in [-0.4, -0.2) is 24.8 Å². The summed E-state index contributed by atoms with van der Waals surface area (Å²) in [4.78, 5) is 10.9. The van der Waals surface area contributed by atoms with Crippen LogP contribution < -0.4 is 0 Å². The highest BCUT2D eigenvalue weighted by Gasteiger charge is 2.44. The predicted molar refractivity (Wildman–Crippen MR) is 90.8 cm³/mol. The van der Waals surface area contributed by atoms with Crippen LogP contribution in [0.25, 0.3) is 0 Å². The van der Waals surface area contributed by atoms with Crippen molar-refractivity contribution < 1.29 is 14.3 Å². The van der Waals surface area contributed by atoms with Crippen LogP contribution in [-0.2, 0) is 14.3 Å². The van der Waals surface area contributed by atoms with Gasteiger partial charge in [0.05, 0.1) is 6.10 Å². The van der Waals surface area contributed by atoms with Crippen LogP contribution in [0.3, 0.4) is 0 Å². The van der Waals surface area contributed by atoms with E-state index in [0.29, 0.717) is 12.5 Å². The number of epoxide rings is 1. The topological polar surface area (TPSA) is 38.8 Å². The molecule has 0 bridgehead atoms. The zero-order chi connectivity index (χ0) is 16.5. The minimum Gasteiger partial charge on any atom is -0.463 e. The van der Waals surface area contributed by atoms with Gasteiger partial charge < -0.3 is 9.47 Å². The van der Waals surface area contributed by atoms with E-state index in [4.69, 9.17) is 9.47 Å². The molecule has 0 aliphatic carbocycles. The summed E-state index contributed by atoms with van der Waals surface area (Å²) in [6, 6.07) is 0. The first kappa shape index (κ1) is 19.2. The molecule has 1 rings (SSSR count). The van der Waals surface area contributed by atoms with Crippen LogP contribution in [0, 0.1) is 11.8 Å². The molecule has 128 valence electrons. The first-order valence-electron chi connectivity index (χ1n) is 8.97. The monoisotopic (exact) mass is 310 g/mol. The molecule has 1 aliphatic heterocycles. The molecular formula is C19H34O3. The summed E-state index contributed by atoms with van der Waals surface area (Å²) in [5.74, 6) is 1.04. The van der Waals surface area contributed by atoms with Gasteiger partial charge in [0.15, 0.2) is 0 Å². The van der Waals surface area contributed by atoms with Gasteiger partial charge in [0.2, 0.25) is 0 Å². The van der Waals surface area contributed by atoms with Crippen LogP contribution in [0.15, 0.2) is 11.6 Å². The third-order valence-electron chi connectivity index (χ3n) is 4.62. The van der Waals surface area contributed by atoms with Gasteiger partial charge in [0.25, 0.3) is 0 Å². The van der Waals surface area contributed by atoms with Crippen molar-refractivity contribution >= 4 is 5.97 Å². The normalized spacial score (nSPS) is 24.0. The van der Waals surface area contributed by atoms with Crippen molar-refractivity contribution in [2.24, 2.45) is 11.8 Å². The highest BCUT2D eigenvalue weighted by molar-refractivity contribution is 5.65. The summed E-state index contributed by atoms with van der Waals surface area (Å²) in [5.41, 5.74) is 1.48. The molecule has 0 saturated carbocycles. The molecule has 0 aromatic carbocycles. The first-order valence-corrected chi connectivity index (χ1v) is 8.97. The fourth-order valence-corrected chi connectivity index (χ4v) is 3.15. The predicted octanol–water partition coefficient (Wildman–Crippen LogP) is 4.90. The van der Waals surface area contributed by atoms with Crippen molar-refractivity contribution in [1.82, 2.24) is 0 Å².